The third-order valence-corrected chi connectivity index (χ3v) is 2.96. The van der Waals surface area contributed by atoms with Crippen LogP contribution in [0.15, 0.2) is 0 Å². The van der Waals surface area contributed by atoms with E-state index in [1.54, 1.807) is 0 Å². The molecular weight excluding hydrogens is 188 g/mol. The van der Waals surface area contributed by atoms with Gasteiger partial charge in [0, 0.05) is 5.92 Å². The zero-order valence-electron chi connectivity index (χ0n) is 11.0. The normalized spacial score (nSPS) is 31.2. The van der Waals surface area contributed by atoms with Gasteiger partial charge in [-0.1, -0.05) is 27.7 Å². The molecule has 0 bridgehead atoms. The van der Waals surface area contributed by atoms with Crippen LogP contribution in [0.1, 0.15) is 48.0 Å². The van der Waals surface area contributed by atoms with E-state index < -0.39 is 5.79 Å². The Balaban J connectivity index is 2.63. The molecule has 0 spiro atoms. The monoisotopic (exact) mass is 214 g/mol. The van der Waals surface area contributed by atoms with E-state index in [0.29, 0.717) is 23.9 Å². The van der Waals surface area contributed by atoms with Crippen molar-refractivity contribution in [3.8, 4) is 0 Å². The smallest absolute Gasteiger partial charge is 0.163 e. The van der Waals surface area contributed by atoms with Gasteiger partial charge in [0.05, 0.1) is 12.7 Å². The van der Waals surface area contributed by atoms with Crippen LogP contribution in [0.2, 0.25) is 0 Å². The van der Waals surface area contributed by atoms with Crippen molar-refractivity contribution >= 4 is 0 Å². The molecule has 0 aromatic carbocycles. The van der Waals surface area contributed by atoms with E-state index in [-0.39, 0.29) is 0 Å². The minimum Gasteiger partial charge on any atom is -0.350 e. The third-order valence-electron chi connectivity index (χ3n) is 2.96. The van der Waals surface area contributed by atoms with Gasteiger partial charge in [-0.15, -0.1) is 0 Å². The van der Waals surface area contributed by atoms with Gasteiger partial charge in [-0.05, 0) is 32.1 Å². The molecule has 0 amide bonds. The van der Waals surface area contributed by atoms with Gasteiger partial charge in [0.15, 0.2) is 5.79 Å². The fraction of sp³-hybridized carbons (Fsp3) is 1.00. The van der Waals surface area contributed by atoms with Gasteiger partial charge >= 0.3 is 0 Å². The summed E-state index contributed by atoms with van der Waals surface area (Å²) < 4.78 is 11.8. The Morgan fingerprint density at radius 2 is 1.80 bits per heavy atom. The van der Waals surface area contributed by atoms with Crippen molar-refractivity contribution in [3.05, 3.63) is 0 Å². The highest BCUT2D eigenvalue weighted by molar-refractivity contribution is 4.80. The molecule has 2 nitrogen and oxygen atoms in total. The summed E-state index contributed by atoms with van der Waals surface area (Å²) in [5.74, 6) is 1.43. The summed E-state index contributed by atoms with van der Waals surface area (Å²) in [4.78, 5) is 0. The zero-order chi connectivity index (χ0) is 11.6. The molecule has 1 saturated heterocycles. The van der Waals surface area contributed by atoms with Crippen molar-refractivity contribution in [1.82, 2.24) is 0 Å². The second-order valence-corrected chi connectivity index (χ2v) is 5.93. The highest BCUT2D eigenvalue weighted by Gasteiger charge is 2.37. The van der Waals surface area contributed by atoms with Crippen LogP contribution in [0.5, 0.6) is 0 Å². The Morgan fingerprint density at radius 1 is 1.20 bits per heavy atom. The van der Waals surface area contributed by atoms with Crippen molar-refractivity contribution in [2.45, 2.75) is 59.9 Å². The van der Waals surface area contributed by atoms with Crippen LogP contribution >= 0.6 is 0 Å². The maximum atomic E-state index is 6.03. The Labute approximate surface area is 94.3 Å². The quantitative estimate of drug-likeness (QED) is 0.716. The van der Waals surface area contributed by atoms with Gasteiger partial charge in [-0.3, -0.25) is 0 Å². The first kappa shape index (κ1) is 13.0. The molecule has 2 unspecified atom stereocenters. The van der Waals surface area contributed by atoms with Crippen LogP contribution in [-0.4, -0.2) is 18.5 Å². The molecule has 0 aromatic rings. The topological polar surface area (TPSA) is 18.5 Å². The van der Waals surface area contributed by atoms with Gasteiger partial charge < -0.3 is 9.47 Å². The molecule has 1 aliphatic rings. The van der Waals surface area contributed by atoms with E-state index in [1.165, 1.54) is 6.42 Å². The van der Waals surface area contributed by atoms with E-state index in [2.05, 4.69) is 27.7 Å². The molecule has 0 aliphatic carbocycles. The molecule has 90 valence electrons. The summed E-state index contributed by atoms with van der Waals surface area (Å²) in [5.41, 5.74) is 0. The Hall–Kier alpha value is -0.0800. The van der Waals surface area contributed by atoms with Crippen molar-refractivity contribution in [3.63, 3.8) is 0 Å². The lowest BCUT2D eigenvalue weighted by Crippen LogP contribution is -2.48. The van der Waals surface area contributed by atoms with Gasteiger partial charge in [-0.2, -0.15) is 0 Å². The highest BCUT2D eigenvalue weighted by Crippen LogP contribution is 2.33. The minimum atomic E-state index is -0.400. The first-order valence-electron chi connectivity index (χ1n) is 6.13. The standard InChI is InChI=1S/C13H26O2/c1-9(2)7-11-8-14-13(5,6)15-12(11)10(3)4/h9-12H,7-8H2,1-6H3. The summed E-state index contributed by atoms with van der Waals surface area (Å²) in [6, 6.07) is 0. The van der Waals surface area contributed by atoms with Crippen LogP contribution < -0.4 is 0 Å². The van der Waals surface area contributed by atoms with Gasteiger partial charge in [0.1, 0.15) is 0 Å². The summed E-state index contributed by atoms with van der Waals surface area (Å²) in [6.07, 6.45) is 1.54. The fourth-order valence-corrected chi connectivity index (χ4v) is 2.35. The molecular formula is C13H26O2. The maximum absolute atomic E-state index is 6.03. The molecule has 1 aliphatic heterocycles. The molecule has 1 heterocycles. The lowest BCUT2D eigenvalue weighted by molar-refractivity contribution is -0.302. The Morgan fingerprint density at radius 3 is 2.27 bits per heavy atom. The Bertz CT molecular complexity index is 197. The predicted molar refractivity (Wildman–Crippen MR) is 62.7 cm³/mol. The SMILES string of the molecule is CC(C)CC1COC(C)(C)OC1C(C)C. The van der Waals surface area contributed by atoms with Crippen molar-refractivity contribution in [2.24, 2.45) is 17.8 Å². The molecule has 15 heavy (non-hydrogen) atoms. The summed E-state index contributed by atoms with van der Waals surface area (Å²) in [7, 11) is 0. The lowest BCUT2D eigenvalue weighted by atomic mass is 9.86. The van der Waals surface area contributed by atoms with Crippen LogP contribution in [0.3, 0.4) is 0 Å². The van der Waals surface area contributed by atoms with Crippen LogP contribution in [0.25, 0.3) is 0 Å². The van der Waals surface area contributed by atoms with E-state index >= 15 is 0 Å². The minimum absolute atomic E-state index is 0.344. The summed E-state index contributed by atoms with van der Waals surface area (Å²) in [6.45, 7) is 13.9. The lowest BCUT2D eigenvalue weighted by Gasteiger charge is -2.43. The maximum Gasteiger partial charge on any atom is 0.163 e. The Kier molecular flexibility index (Phi) is 4.19. The van der Waals surface area contributed by atoms with E-state index in [1.807, 2.05) is 13.8 Å². The largest absolute Gasteiger partial charge is 0.350 e. The first-order chi connectivity index (χ1) is 6.82. The first-order valence-corrected chi connectivity index (χ1v) is 6.13. The number of hydrogen-bond donors (Lipinski definition) is 0. The van der Waals surface area contributed by atoms with Crippen LogP contribution in [0, 0.1) is 17.8 Å². The molecule has 1 fully saturated rings. The fourth-order valence-electron chi connectivity index (χ4n) is 2.35. The molecule has 0 aromatic heterocycles. The van der Waals surface area contributed by atoms with E-state index in [9.17, 15) is 0 Å². The molecule has 2 heteroatoms. The van der Waals surface area contributed by atoms with Crippen LogP contribution in [0.4, 0.5) is 0 Å². The molecule has 1 rings (SSSR count). The molecule has 0 saturated carbocycles. The number of ether oxygens (including phenoxy) is 2. The molecule has 0 N–H and O–H groups in total. The number of rotatable bonds is 3. The molecule has 0 radical (unpaired) electrons. The van der Waals surface area contributed by atoms with Crippen molar-refractivity contribution < 1.29 is 9.47 Å². The third kappa shape index (κ3) is 3.76. The van der Waals surface area contributed by atoms with Crippen LogP contribution in [-0.2, 0) is 9.47 Å². The van der Waals surface area contributed by atoms with Gasteiger partial charge in [-0.25, -0.2) is 0 Å². The van der Waals surface area contributed by atoms with Gasteiger partial charge in [0.25, 0.3) is 0 Å². The zero-order valence-corrected chi connectivity index (χ0v) is 11.0. The number of hydrogen-bond acceptors (Lipinski definition) is 2. The van der Waals surface area contributed by atoms with Crippen molar-refractivity contribution in [2.75, 3.05) is 6.61 Å². The second-order valence-electron chi connectivity index (χ2n) is 5.93. The summed E-state index contributed by atoms with van der Waals surface area (Å²) >= 11 is 0. The average Bonchev–Trinajstić information content (AvgIpc) is 2.07. The average molecular weight is 214 g/mol. The molecule has 2 atom stereocenters. The van der Waals surface area contributed by atoms with E-state index in [4.69, 9.17) is 9.47 Å². The summed E-state index contributed by atoms with van der Waals surface area (Å²) in [5, 5.41) is 0. The van der Waals surface area contributed by atoms with E-state index in [0.717, 1.165) is 6.61 Å². The van der Waals surface area contributed by atoms with Crippen molar-refractivity contribution in [1.29, 1.82) is 0 Å². The predicted octanol–water partition coefficient (Wildman–Crippen LogP) is 3.46. The second kappa shape index (κ2) is 4.84. The highest BCUT2D eigenvalue weighted by atomic mass is 16.7. The van der Waals surface area contributed by atoms with Gasteiger partial charge in [0.2, 0.25) is 0 Å².